The summed E-state index contributed by atoms with van der Waals surface area (Å²) in [4.78, 5) is 22.6. The molecule has 0 aromatic carbocycles. The zero-order valence-corrected chi connectivity index (χ0v) is 12.2. The van der Waals surface area contributed by atoms with E-state index in [1.807, 2.05) is 20.8 Å². The molecule has 0 spiro atoms. The van der Waals surface area contributed by atoms with Crippen molar-refractivity contribution in [3.05, 3.63) is 22.4 Å². The van der Waals surface area contributed by atoms with Gasteiger partial charge in [-0.15, -0.1) is 0 Å². The molecule has 6 heteroatoms. The van der Waals surface area contributed by atoms with E-state index < -0.39 is 18.2 Å². The molecule has 100 valence electrons. The molecule has 5 nitrogen and oxygen atoms in total. The zero-order chi connectivity index (χ0) is 13.9. The number of hydrogen-bond acceptors (Lipinski definition) is 5. The Morgan fingerprint density at radius 3 is 2.50 bits per heavy atom. The fourth-order valence-electron chi connectivity index (χ4n) is 1.12. The highest BCUT2D eigenvalue weighted by atomic mass is 79.9. The molecule has 0 aliphatic carbocycles. The van der Waals surface area contributed by atoms with E-state index in [1.165, 1.54) is 19.3 Å². The van der Waals surface area contributed by atoms with Gasteiger partial charge in [0, 0.05) is 11.5 Å². The lowest BCUT2D eigenvalue weighted by molar-refractivity contribution is -0.193. The van der Waals surface area contributed by atoms with Gasteiger partial charge in [0.2, 0.25) is 6.29 Å². The van der Waals surface area contributed by atoms with Gasteiger partial charge in [0.05, 0.1) is 7.11 Å². The van der Waals surface area contributed by atoms with E-state index in [1.54, 1.807) is 0 Å². The minimum atomic E-state index is -0.705. The van der Waals surface area contributed by atoms with Crippen LogP contribution in [0.2, 0.25) is 0 Å². The van der Waals surface area contributed by atoms with Gasteiger partial charge in [0.1, 0.15) is 10.2 Å². The molecule has 0 saturated carbocycles. The Labute approximate surface area is 114 Å². The number of cyclic esters (lactones) is 1. The van der Waals surface area contributed by atoms with Crippen LogP contribution in [-0.4, -0.2) is 25.3 Å². The number of ether oxygens (including phenoxy) is 3. The topological polar surface area (TPSA) is 61.8 Å². The van der Waals surface area contributed by atoms with E-state index >= 15 is 0 Å². The van der Waals surface area contributed by atoms with E-state index in [2.05, 4.69) is 20.7 Å². The average molecular weight is 319 g/mol. The average Bonchev–Trinajstić information content (AvgIpc) is 2.28. The number of carbonyl (C=O) groups is 2. The SMILES string of the molecule is COC(=O)/C=C/C1=C(Br)C(=O)OC(C(C)(C)C)O1. The van der Waals surface area contributed by atoms with E-state index in [9.17, 15) is 9.59 Å². The summed E-state index contributed by atoms with van der Waals surface area (Å²) in [6, 6.07) is 0. The van der Waals surface area contributed by atoms with Gasteiger partial charge in [0.25, 0.3) is 0 Å². The van der Waals surface area contributed by atoms with Gasteiger partial charge in [-0.1, -0.05) is 20.8 Å². The van der Waals surface area contributed by atoms with Crippen molar-refractivity contribution in [3.8, 4) is 0 Å². The zero-order valence-electron chi connectivity index (χ0n) is 10.7. The fraction of sp³-hybridized carbons (Fsp3) is 0.500. The van der Waals surface area contributed by atoms with Crippen molar-refractivity contribution in [3.63, 3.8) is 0 Å². The number of esters is 2. The first-order valence-corrected chi connectivity index (χ1v) is 6.08. The van der Waals surface area contributed by atoms with Crippen LogP contribution in [-0.2, 0) is 23.8 Å². The monoisotopic (exact) mass is 318 g/mol. The van der Waals surface area contributed by atoms with Crippen LogP contribution in [0.3, 0.4) is 0 Å². The van der Waals surface area contributed by atoms with Crippen LogP contribution in [0.25, 0.3) is 0 Å². The van der Waals surface area contributed by atoms with Crippen molar-refractivity contribution in [1.82, 2.24) is 0 Å². The Kier molecular flexibility index (Phi) is 4.56. The van der Waals surface area contributed by atoms with Crippen LogP contribution in [0.1, 0.15) is 20.8 Å². The van der Waals surface area contributed by atoms with Gasteiger partial charge in [-0.3, -0.25) is 0 Å². The van der Waals surface area contributed by atoms with Crippen molar-refractivity contribution in [2.45, 2.75) is 27.1 Å². The number of rotatable bonds is 2. The molecule has 0 bridgehead atoms. The van der Waals surface area contributed by atoms with Crippen LogP contribution in [0, 0.1) is 5.41 Å². The van der Waals surface area contributed by atoms with E-state index in [4.69, 9.17) is 9.47 Å². The highest BCUT2D eigenvalue weighted by molar-refractivity contribution is 9.12. The molecule has 1 heterocycles. The third kappa shape index (κ3) is 3.60. The standard InChI is InChI=1S/C12H15BrO5/c1-12(2,3)11-17-7(5-6-8(14)16-4)9(13)10(15)18-11/h5-6,11H,1-4H3/b6-5+. The lowest BCUT2D eigenvalue weighted by Gasteiger charge is -2.33. The van der Waals surface area contributed by atoms with Gasteiger partial charge in [-0.05, 0) is 22.0 Å². The molecule has 0 N–H and O–H groups in total. The van der Waals surface area contributed by atoms with Gasteiger partial charge in [0.15, 0.2) is 0 Å². The van der Waals surface area contributed by atoms with E-state index in [0.29, 0.717) is 0 Å². The Balaban J connectivity index is 2.94. The summed E-state index contributed by atoms with van der Waals surface area (Å²) in [6.45, 7) is 5.64. The smallest absolute Gasteiger partial charge is 0.352 e. The first-order chi connectivity index (χ1) is 8.25. The van der Waals surface area contributed by atoms with Crippen LogP contribution >= 0.6 is 15.9 Å². The van der Waals surface area contributed by atoms with Gasteiger partial charge in [-0.2, -0.15) is 0 Å². The summed E-state index contributed by atoms with van der Waals surface area (Å²) in [5, 5.41) is 0. The number of halogens is 1. The predicted octanol–water partition coefficient (Wildman–Crippen LogP) is 2.27. The van der Waals surface area contributed by atoms with Crippen LogP contribution in [0.15, 0.2) is 22.4 Å². The second-order valence-electron chi connectivity index (χ2n) is 4.76. The Morgan fingerprint density at radius 1 is 1.39 bits per heavy atom. The van der Waals surface area contributed by atoms with Crippen molar-refractivity contribution >= 4 is 27.9 Å². The minimum Gasteiger partial charge on any atom is -0.466 e. The third-order valence-corrected chi connectivity index (χ3v) is 2.84. The Bertz CT molecular complexity index is 417. The maximum absolute atomic E-state index is 11.6. The highest BCUT2D eigenvalue weighted by Crippen LogP contribution is 2.33. The second-order valence-corrected chi connectivity index (χ2v) is 5.55. The highest BCUT2D eigenvalue weighted by Gasteiger charge is 2.36. The normalized spacial score (nSPS) is 20.7. The molecule has 0 fully saturated rings. The minimum absolute atomic E-state index is 0.142. The summed E-state index contributed by atoms with van der Waals surface area (Å²) in [7, 11) is 1.27. The summed E-state index contributed by atoms with van der Waals surface area (Å²) in [5.74, 6) is -0.806. The largest absolute Gasteiger partial charge is 0.466 e. The summed E-state index contributed by atoms with van der Waals surface area (Å²) in [6.07, 6.45) is 1.84. The van der Waals surface area contributed by atoms with Crippen LogP contribution in [0.5, 0.6) is 0 Å². The van der Waals surface area contributed by atoms with E-state index in [0.717, 1.165) is 0 Å². The number of hydrogen-bond donors (Lipinski definition) is 0. The molecule has 0 saturated heterocycles. The predicted molar refractivity (Wildman–Crippen MR) is 67.5 cm³/mol. The van der Waals surface area contributed by atoms with Crippen molar-refractivity contribution in [2.24, 2.45) is 5.41 Å². The third-order valence-electron chi connectivity index (χ3n) is 2.12. The molecule has 0 aromatic heterocycles. The molecule has 0 aromatic rings. The van der Waals surface area contributed by atoms with Crippen molar-refractivity contribution in [1.29, 1.82) is 0 Å². The van der Waals surface area contributed by atoms with E-state index in [-0.39, 0.29) is 15.7 Å². The lowest BCUT2D eigenvalue weighted by atomic mass is 9.95. The maximum Gasteiger partial charge on any atom is 0.352 e. The molecule has 1 rings (SSSR count). The first kappa shape index (κ1) is 14.8. The Hall–Kier alpha value is -1.30. The second kappa shape index (κ2) is 5.56. The van der Waals surface area contributed by atoms with Crippen LogP contribution in [0.4, 0.5) is 0 Å². The van der Waals surface area contributed by atoms with Gasteiger partial charge in [-0.25, -0.2) is 9.59 Å². The molecule has 1 aliphatic heterocycles. The number of carbonyl (C=O) groups excluding carboxylic acids is 2. The summed E-state index contributed by atoms with van der Waals surface area (Å²) < 4.78 is 15.2. The summed E-state index contributed by atoms with van der Waals surface area (Å²) >= 11 is 3.06. The molecular weight excluding hydrogens is 304 g/mol. The van der Waals surface area contributed by atoms with Crippen molar-refractivity contribution in [2.75, 3.05) is 7.11 Å². The van der Waals surface area contributed by atoms with Gasteiger partial charge >= 0.3 is 11.9 Å². The molecule has 1 unspecified atom stereocenters. The summed E-state index contributed by atoms with van der Waals surface area (Å²) in [5.41, 5.74) is -0.367. The molecule has 1 atom stereocenters. The van der Waals surface area contributed by atoms with Crippen LogP contribution < -0.4 is 0 Å². The number of allylic oxidation sites excluding steroid dienone is 1. The van der Waals surface area contributed by atoms with Crippen molar-refractivity contribution < 1.29 is 23.8 Å². The fourth-order valence-corrected chi connectivity index (χ4v) is 1.44. The molecular formula is C12H15BrO5. The molecule has 0 amide bonds. The lowest BCUT2D eigenvalue weighted by Crippen LogP contribution is -2.37. The molecule has 18 heavy (non-hydrogen) atoms. The maximum atomic E-state index is 11.6. The Morgan fingerprint density at radius 2 is 2.00 bits per heavy atom. The molecule has 0 radical (unpaired) electrons. The first-order valence-electron chi connectivity index (χ1n) is 5.29. The molecule has 1 aliphatic rings. The quantitative estimate of drug-likeness (QED) is 0.577. The number of methoxy groups -OCH3 is 1. The van der Waals surface area contributed by atoms with Gasteiger partial charge < -0.3 is 14.2 Å².